The Bertz CT molecular complexity index is 701. The molecule has 1 aromatic heterocycles. The van der Waals surface area contributed by atoms with Gasteiger partial charge < -0.3 is 5.11 Å². The smallest absolute Gasteiger partial charge is 0.117 e. The molecule has 2 aromatic carbocycles. The molecule has 0 saturated heterocycles. The molecule has 96 valence electrons. The molecule has 1 N–H and O–H groups in total. The third-order valence-electron chi connectivity index (χ3n) is 3.32. The third-order valence-corrected chi connectivity index (χ3v) is 3.32. The molecule has 0 amide bonds. The Morgan fingerprint density at radius 2 is 1.89 bits per heavy atom. The average Bonchev–Trinajstić information content (AvgIpc) is 2.77. The van der Waals surface area contributed by atoms with Crippen LogP contribution in [0.25, 0.3) is 10.9 Å². The number of benzene rings is 2. The topological polar surface area (TPSA) is 38.0 Å². The second kappa shape index (κ2) is 4.76. The van der Waals surface area contributed by atoms with Gasteiger partial charge in [0.2, 0.25) is 0 Å². The molecule has 0 spiro atoms. The quantitative estimate of drug-likeness (QED) is 0.776. The largest absolute Gasteiger partial charge is 0.508 e. The molecule has 0 radical (unpaired) electrons. The maximum atomic E-state index is 9.66. The number of rotatable bonds is 3. The maximum Gasteiger partial charge on any atom is 0.117 e. The summed E-state index contributed by atoms with van der Waals surface area (Å²) in [7, 11) is 0. The molecule has 3 nitrogen and oxygen atoms in total. The first-order valence-electron chi connectivity index (χ1n) is 6.50. The summed E-state index contributed by atoms with van der Waals surface area (Å²) in [6.07, 6.45) is 0.892. The summed E-state index contributed by atoms with van der Waals surface area (Å²) >= 11 is 0. The highest BCUT2D eigenvalue weighted by Crippen LogP contribution is 2.24. The van der Waals surface area contributed by atoms with E-state index in [0.29, 0.717) is 0 Å². The lowest BCUT2D eigenvalue weighted by Gasteiger charge is -2.03. The lowest BCUT2D eigenvalue weighted by Crippen LogP contribution is -2.01. The number of nitrogens with zero attached hydrogens (tertiary/aromatic N) is 2. The molecule has 1 heterocycles. The van der Waals surface area contributed by atoms with Gasteiger partial charge in [0.1, 0.15) is 5.75 Å². The number of aromatic hydroxyl groups is 1. The Hall–Kier alpha value is -2.29. The van der Waals surface area contributed by atoms with Crippen LogP contribution in [-0.4, -0.2) is 14.9 Å². The van der Waals surface area contributed by atoms with Crippen molar-refractivity contribution >= 4 is 10.9 Å². The molecule has 0 unspecified atom stereocenters. The van der Waals surface area contributed by atoms with Crippen LogP contribution >= 0.6 is 0 Å². The van der Waals surface area contributed by atoms with Gasteiger partial charge in [0.25, 0.3) is 0 Å². The van der Waals surface area contributed by atoms with Crippen molar-refractivity contribution in [3.63, 3.8) is 0 Å². The Balaban J connectivity index is 2.10. The van der Waals surface area contributed by atoms with E-state index in [1.165, 1.54) is 5.56 Å². The molecule has 3 rings (SSSR count). The molecule has 0 aliphatic carbocycles. The molecule has 0 atom stereocenters. The fourth-order valence-corrected chi connectivity index (χ4v) is 2.37. The van der Waals surface area contributed by atoms with Gasteiger partial charge in [-0.15, -0.1) is 0 Å². The lowest BCUT2D eigenvalue weighted by molar-refractivity contribution is 0.475. The minimum atomic E-state index is 0.282. The molecule has 3 aromatic rings. The Morgan fingerprint density at radius 1 is 1.11 bits per heavy atom. The second-order valence-electron chi connectivity index (χ2n) is 4.64. The van der Waals surface area contributed by atoms with Crippen molar-refractivity contribution in [2.24, 2.45) is 0 Å². The summed E-state index contributed by atoms with van der Waals surface area (Å²) < 4.78 is 1.96. The Morgan fingerprint density at radius 3 is 2.63 bits per heavy atom. The number of phenols is 1. The number of phenolic OH excluding ortho intramolecular Hbond substituents is 1. The minimum Gasteiger partial charge on any atom is -0.508 e. The van der Waals surface area contributed by atoms with Gasteiger partial charge in [0.15, 0.2) is 0 Å². The summed E-state index contributed by atoms with van der Waals surface area (Å²) in [6, 6.07) is 15.7. The van der Waals surface area contributed by atoms with E-state index in [0.717, 1.165) is 29.6 Å². The van der Waals surface area contributed by atoms with Gasteiger partial charge in [-0.25, -0.2) is 0 Å². The van der Waals surface area contributed by atoms with Crippen molar-refractivity contribution < 1.29 is 5.11 Å². The normalized spacial score (nSPS) is 11.0. The van der Waals surface area contributed by atoms with E-state index in [-0.39, 0.29) is 5.75 Å². The van der Waals surface area contributed by atoms with Crippen LogP contribution in [0.2, 0.25) is 0 Å². The maximum absolute atomic E-state index is 9.66. The van der Waals surface area contributed by atoms with Gasteiger partial charge >= 0.3 is 0 Å². The predicted molar refractivity (Wildman–Crippen MR) is 76.3 cm³/mol. The Labute approximate surface area is 112 Å². The first-order chi connectivity index (χ1) is 9.28. The number of fused-ring (bicyclic) bond motifs is 1. The summed E-state index contributed by atoms with van der Waals surface area (Å²) in [5.41, 5.74) is 3.27. The van der Waals surface area contributed by atoms with Crippen LogP contribution in [-0.2, 0) is 13.0 Å². The molecule has 0 fully saturated rings. The summed E-state index contributed by atoms with van der Waals surface area (Å²) in [6.45, 7) is 2.82. The molecule has 0 aliphatic heterocycles. The molecule has 3 heteroatoms. The number of hydrogen-bond acceptors (Lipinski definition) is 2. The van der Waals surface area contributed by atoms with E-state index in [1.807, 2.05) is 28.9 Å². The highest BCUT2D eigenvalue weighted by atomic mass is 16.3. The highest BCUT2D eigenvalue weighted by molar-refractivity contribution is 5.83. The fourth-order valence-electron chi connectivity index (χ4n) is 2.37. The van der Waals surface area contributed by atoms with Crippen LogP contribution < -0.4 is 0 Å². The van der Waals surface area contributed by atoms with E-state index in [9.17, 15) is 5.11 Å². The molecular formula is C16H16N2O. The summed E-state index contributed by atoms with van der Waals surface area (Å²) in [5, 5.41) is 15.4. The average molecular weight is 252 g/mol. The standard InChI is InChI=1S/C16H16N2O/c1-2-15-14-9-8-13(19)10-16(14)18(17-15)11-12-6-4-3-5-7-12/h3-10,19H,2,11H2,1H3. The van der Waals surface area contributed by atoms with E-state index in [2.05, 4.69) is 24.2 Å². The summed E-state index contributed by atoms with van der Waals surface area (Å²) in [4.78, 5) is 0. The van der Waals surface area contributed by atoms with Gasteiger partial charge in [-0.1, -0.05) is 37.3 Å². The van der Waals surface area contributed by atoms with E-state index < -0.39 is 0 Å². The highest BCUT2D eigenvalue weighted by Gasteiger charge is 2.10. The van der Waals surface area contributed by atoms with Crippen molar-refractivity contribution in [1.82, 2.24) is 9.78 Å². The van der Waals surface area contributed by atoms with Gasteiger partial charge in [0.05, 0.1) is 17.8 Å². The SMILES string of the molecule is CCc1nn(Cc2ccccc2)c2cc(O)ccc12. The third kappa shape index (κ3) is 2.19. The molecule has 0 bridgehead atoms. The van der Waals surface area contributed by atoms with Crippen molar-refractivity contribution in [1.29, 1.82) is 0 Å². The van der Waals surface area contributed by atoms with Crippen molar-refractivity contribution in [2.75, 3.05) is 0 Å². The van der Waals surface area contributed by atoms with E-state index in [1.54, 1.807) is 12.1 Å². The van der Waals surface area contributed by atoms with Crippen molar-refractivity contribution in [2.45, 2.75) is 19.9 Å². The number of aromatic nitrogens is 2. The monoisotopic (exact) mass is 252 g/mol. The fraction of sp³-hybridized carbons (Fsp3) is 0.188. The van der Waals surface area contributed by atoms with Crippen LogP contribution in [0.3, 0.4) is 0 Å². The number of hydrogen-bond donors (Lipinski definition) is 1. The minimum absolute atomic E-state index is 0.282. The zero-order valence-corrected chi connectivity index (χ0v) is 10.9. The molecule has 0 saturated carbocycles. The van der Waals surface area contributed by atoms with Crippen LogP contribution in [0.1, 0.15) is 18.2 Å². The second-order valence-corrected chi connectivity index (χ2v) is 4.64. The van der Waals surface area contributed by atoms with Crippen molar-refractivity contribution in [3.8, 4) is 5.75 Å². The molecule has 19 heavy (non-hydrogen) atoms. The van der Waals surface area contributed by atoms with Crippen LogP contribution in [0.15, 0.2) is 48.5 Å². The van der Waals surface area contributed by atoms with Crippen LogP contribution in [0.5, 0.6) is 5.75 Å². The van der Waals surface area contributed by atoms with Crippen molar-refractivity contribution in [3.05, 3.63) is 59.8 Å². The first-order valence-corrected chi connectivity index (χ1v) is 6.50. The molecular weight excluding hydrogens is 236 g/mol. The van der Waals surface area contributed by atoms with Gasteiger partial charge in [-0.2, -0.15) is 5.10 Å². The first kappa shape index (κ1) is 11.8. The van der Waals surface area contributed by atoms with Gasteiger partial charge in [0, 0.05) is 11.5 Å². The van der Waals surface area contributed by atoms with Crippen LogP contribution in [0, 0.1) is 0 Å². The number of aryl methyl sites for hydroxylation is 1. The predicted octanol–water partition coefficient (Wildman–Crippen LogP) is 3.35. The summed E-state index contributed by atoms with van der Waals surface area (Å²) in [5.74, 6) is 0.282. The zero-order valence-electron chi connectivity index (χ0n) is 10.9. The van der Waals surface area contributed by atoms with Gasteiger partial charge in [-0.3, -0.25) is 4.68 Å². The van der Waals surface area contributed by atoms with Crippen LogP contribution in [0.4, 0.5) is 0 Å². The zero-order chi connectivity index (χ0) is 13.2. The van der Waals surface area contributed by atoms with E-state index in [4.69, 9.17) is 0 Å². The molecule has 0 aliphatic rings. The van der Waals surface area contributed by atoms with E-state index >= 15 is 0 Å². The Kier molecular flexibility index (Phi) is 2.95. The lowest BCUT2D eigenvalue weighted by atomic mass is 10.1. The van der Waals surface area contributed by atoms with Gasteiger partial charge in [-0.05, 0) is 24.1 Å².